The number of halogens is 1. The first-order valence-electron chi connectivity index (χ1n) is 12.7. The van der Waals surface area contributed by atoms with Gasteiger partial charge in [-0.1, -0.05) is 82.1 Å². The lowest BCUT2D eigenvalue weighted by Gasteiger charge is -2.18. The monoisotopic (exact) mass is 512 g/mol. The summed E-state index contributed by atoms with van der Waals surface area (Å²) in [5, 5.41) is 0.916. The number of carbonyl (C=O) groups is 1. The fraction of sp³-hybridized carbons (Fsp3) is 0.741. The van der Waals surface area contributed by atoms with Crippen LogP contribution in [-0.4, -0.2) is 31.1 Å². The zero-order chi connectivity index (χ0) is 23.6. The molecule has 0 aliphatic rings. The quantitative estimate of drug-likeness (QED) is 0.106. The maximum atomic E-state index is 12.6. The van der Waals surface area contributed by atoms with Gasteiger partial charge in [0.15, 0.2) is 0 Å². The molecule has 0 saturated carbocycles. The second kappa shape index (κ2) is 18.2. The van der Waals surface area contributed by atoms with Gasteiger partial charge in [0.25, 0.3) is 0 Å². The van der Waals surface area contributed by atoms with Crippen molar-refractivity contribution < 1.29 is 19.0 Å². The maximum absolute atomic E-state index is 12.6. The van der Waals surface area contributed by atoms with Crippen LogP contribution in [0, 0.1) is 11.8 Å². The molecular weight excluding hydrogens is 468 g/mol. The molecule has 0 spiro atoms. The lowest BCUT2D eigenvalue weighted by atomic mass is 10.0. The molecular formula is C27H45BrO4. The fourth-order valence-electron chi connectivity index (χ4n) is 3.53. The Morgan fingerprint density at radius 2 is 1.34 bits per heavy atom. The van der Waals surface area contributed by atoms with Crippen LogP contribution in [0.1, 0.15) is 102 Å². The molecule has 0 aromatic heterocycles. The molecule has 2 unspecified atom stereocenters. The Balaban J connectivity index is 2.88. The fourth-order valence-corrected chi connectivity index (χ4v) is 3.92. The average Bonchev–Trinajstić information content (AvgIpc) is 2.82. The van der Waals surface area contributed by atoms with Crippen LogP contribution in [0.25, 0.3) is 0 Å². The number of benzene rings is 1. The van der Waals surface area contributed by atoms with Gasteiger partial charge in [0.2, 0.25) is 0 Å². The van der Waals surface area contributed by atoms with Crippen LogP contribution >= 0.6 is 15.9 Å². The topological polar surface area (TPSA) is 44.8 Å². The van der Waals surface area contributed by atoms with Crippen LogP contribution in [0.4, 0.5) is 0 Å². The van der Waals surface area contributed by atoms with E-state index in [2.05, 4.69) is 43.6 Å². The van der Waals surface area contributed by atoms with Crippen molar-refractivity contribution in [3.8, 4) is 11.5 Å². The number of carbonyl (C=O) groups excluding carboxylic acids is 1. The van der Waals surface area contributed by atoms with E-state index in [4.69, 9.17) is 14.2 Å². The van der Waals surface area contributed by atoms with Gasteiger partial charge in [-0.25, -0.2) is 4.79 Å². The largest absolute Gasteiger partial charge is 0.493 e. The Kier molecular flexibility index (Phi) is 16.4. The van der Waals surface area contributed by atoms with E-state index in [1.54, 1.807) is 12.1 Å². The molecule has 0 fully saturated rings. The molecule has 184 valence electrons. The minimum absolute atomic E-state index is 0.314. The van der Waals surface area contributed by atoms with Gasteiger partial charge in [-0.2, -0.15) is 0 Å². The van der Waals surface area contributed by atoms with Crippen LogP contribution in [0.5, 0.6) is 11.5 Å². The van der Waals surface area contributed by atoms with Crippen molar-refractivity contribution in [2.75, 3.05) is 25.2 Å². The Bertz CT molecular complexity index is 581. The molecule has 4 nitrogen and oxygen atoms in total. The van der Waals surface area contributed by atoms with Gasteiger partial charge in [0.05, 0.1) is 25.4 Å². The van der Waals surface area contributed by atoms with E-state index in [1.807, 2.05) is 6.07 Å². The van der Waals surface area contributed by atoms with Crippen molar-refractivity contribution >= 4 is 21.9 Å². The van der Waals surface area contributed by atoms with Crippen molar-refractivity contribution in [1.82, 2.24) is 0 Å². The van der Waals surface area contributed by atoms with Crippen molar-refractivity contribution in [3.63, 3.8) is 0 Å². The van der Waals surface area contributed by atoms with Crippen LogP contribution in [0.3, 0.4) is 0 Å². The predicted octanol–water partition coefficient (Wildman–Crippen LogP) is 8.21. The van der Waals surface area contributed by atoms with Gasteiger partial charge in [-0.05, 0) is 49.7 Å². The molecule has 0 N–H and O–H groups in total. The average molecular weight is 514 g/mol. The molecule has 32 heavy (non-hydrogen) atoms. The van der Waals surface area contributed by atoms with Crippen molar-refractivity contribution in [2.24, 2.45) is 11.8 Å². The zero-order valence-corrected chi connectivity index (χ0v) is 22.4. The van der Waals surface area contributed by atoms with Gasteiger partial charge in [-0.3, -0.25) is 0 Å². The Morgan fingerprint density at radius 3 is 1.78 bits per heavy atom. The van der Waals surface area contributed by atoms with Crippen molar-refractivity contribution in [2.45, 2.75) is 91.9 Å². The van der Waals surface area contributed by atoms with E-state index in [9.17, 15) is 4.79 Å². The third-order valence-corrected chi connectivity index (χ3v) is 6.50. The van der Waals surface area contributed by atoms with E-state index in [0.29, 0.717) is 48.7 Å². The summed E-state index contributed by atoms with van der Waals surface area (Å²) in [6, 6.07) is 5.50. The van der Waals surface area contributed by atoms with Crippen molar-refractivity contribution in [1.29, 1.82) is 0 Å². The molecule has 0 saturated heterocycles. The minimum Gasteiger partial charge on any atom is -0.493 e. The third-order valence-electron chi connectivity index (χ3n) is 5.93. The van der Waals surface area contributed by atoms with E-state index in [-0.39, 0.29) is 5.97 Å². The molecule has 1 aromatic carbocycles. The van der Waals surface area contributed by atoms with Crippen LogP contribution in [0.2, 0.25) is 0 Å². The lowest BCUT2D eigenvalue weighted by molar-refractivity contribution is 0.0499. The highest BCUT2D eigenvalue weighted by Gasteiger charge is 2.15. The van der Waals surface area contributed by atoms with Crippen LogP contribution < -0.4 is 9.47 Å². The predicted molar refractivity (Wildman–Crippen MR) is 137 cm³/mol. The number of hydrogen-bond donors (Lipinski definition) is 0. The molecule has 1 aromatic rings. The van der Waals surface area contributed by atoms with Gasteiger partial charge in [0, 0.05) is 11.4 Å². The normalized spacial score (nSPS) is 12.9. The molecule has 0 aliphatic heterocycles. The molecule has 2 atom stereocenters. The van der Waals surface area contributed by atoms with E-state index >= 15 is 0 Å². The molecule has 0 heterocycles. The SMILES string of the molecule is CCCCC(CC)COc1cc(OCC(CC)CCCC)cc(C(=O)OCCCCBr)c1. The first-order valence-corrected chi connectivity index (χ1v) is 13.8. The highest BCUT2D eigenvalue weighted by molar-refractivity contribution is 9.09. The minimum atomic E-state index is -0.314. The highest BCUT2D eigenvalue weighted by Crippen LogP contribution is 2.26. The summed E-state index contributed by atoms with van der Waals surface area (Å²) in [6.07, 6.45) is 11.2. The molecule has 0 bridgehead atoms. The molecule has 0 amide bonds. The highest BCUT2D eigenvalue weighted by atomic mass is 79.9. The molecule has 0 radical (unpaired) electrons. The van der Waals surface area contributed by atoms with E-state index in [1.165, 1.54) is 38.5 Å². The molecule has 0 aliphatic carbocycles. The number of alkyl halides is 1. The van der Waals surface area contributed by atoms with Gasteiger partial charge >= 0.3 is 5.97 Å². The Labute approximate surface area is 204 Å². The third kappa shape index (κ3) is 12.1. The summed E-state index contributed by atoms with van der Waals surface area (Å²) in [5.41, 5.74) is 0.500. The summed E-state index contributed by atoms with van der Waals surface area (Å²) >= 11 is 3.41. The summed E-state index contributed by atoms with van der Waals surface area (Å²) in [4.78, 5) is 12.6. The van der Waals surface area contributed by atoms with Gasteiger partial charge < -0.3 is 14.2 Å². The maximum Gasteiger partial charge on any atom is 0.338 e. The molecule has 1 rings (SSSR count). The first kappa shape index (κ1) is 28.8. The number of hydrogen-bond acceptors (Lipinski definition) is 4. The van der Waals surface area contributed by atoms with Gasteiger partial charge in [-0.15, -0.1) is 0 Å². The van der Waals surface area contributed by atoms with Crippen LogP contribution in [-0.2, 0) is 4.74 Å². The Hall–Kier alpha value is -1.23. The van der Waals surface area contributed by atoms with Gasteiger partial charge in [0.1, 0.15) is 11.5 Å². The second-order valence-corrected chi connectivity index (χ2v) is 9.47. The molecule has 5 heteroatoms. The standard InChI is InChI=1S/C27H45BrO4/c1-5-9-13-22(7-3)20-31-25-17-24(27(29)30-16-12-11-15-28)18-26(19-25)32-21-23(8-4)14-10-6-2/h17-19,22-23H,5-16,20-21H2,1-4H3. The van der Waals surface area contributed by atoms with Crippen molar-refractivity contribution in [3.05, 3.63) is 23.8 Å². The van der Waals surface area contributed by atoms with Crippen LogP contribution in [0.15, 0.2) is 18.2 Å². The lowest BCUT2D eigenvalue weighted by Crippen LogP contribution is -2.14. The number of ether oxygens (including phenoxy) is 3. The smallest absolute Gasteiger partial charge is 0.338 e. The first-order chi connectivity index (χ1) is 15.6. The number of esters is 1. The summed E-state index contributed by atoms with van der Waals surface area (Å²) in [5.74, 6) is 2.11. The summed E-state index contributed by atoms with van der Waals surface area (Å²) in [7, 11) is 0. The second-order valence-electron chi connectivity index (χ2n) is 8.68. The number of unbranched alkanes of at least 4 members (excludes halogenated alkanes) is 3. The van der Waals surface area contributed by atoms with E-state index in [0.717, 1.165) is 31.0 Å². The zero-order valence-electron chi connectivity index (χ0n) is 20.8. The summed E-state index contributed by atoms with van der Waals surface area (Å²) < 4.78 is 17.7. The number of rotatable bonds is 19. The van der Waals surface area contributed by atoms with E-state index < -0.39 is 0 Å². The Morgan fingerprint density at radius 1 is 0.812 bits per heavy atom. The summed E-state index contributed by atoms with van der Waals surface area (Å²) in [6.45, 7) is 10.6.